The van der Waals surface area contributed by atoms with Gasteiger partial charge < -0.3 is 9.88 Å². The average molecular weight is 278 g/mol. The number of hydrogen-bond acceptors (Lipinski definition) is 4. The third-order valence-electron chi connectivity index (χ3n) is 2.91. The van der Waals surface area contributed by atoms with Crippen LogP contribution in [0.5, 0.6) is 0 Å². The molecule has 0 atom stereocenters. The second-order valence-corrected chi connectivity index (χ2v) is 6.31. The minimum Gasteiger partial charge on any atom is -0.326 e. The van der Waals surface area contributed by atoms with E-state index in [1.807, 2.05) is 18.7 Å². The number of aromatic nitrogens is 3. The number of hydrogen-bond donors (Lipinski definition) is 1. The summed E-state index contributed by atoms with van der Waals surface area (Å²) in [6.07, 6.45) is 6.86. The standard InChI is InChI=1S/C14H22N4S/c1-4-13-8-17-14(19-13)9-18-10-16-7-12(18)6-15-5-11(2)3/h7-8,10-11,15H,4-6,9H2,1-3H3. The van der Waals surface area contributed by atoms with Gasteiger partial charge >= 0.3 is 0 Å². The van der Waals surface area contributed by atoms with E-state index < -0.39 is 0 Å². The van der Waals surface area contributed by atoms with E-state index >= 15 is 0 Å². The fraction of sp³-hybridized carbons (Fsp3) is 0.571. The summed E-state index contributed by atoms with van der Waals surface area (Å²) in [6.45, 7) is 9.31. The molecule has 0 aliphatic carbocycles. The smallest absolute Gasteiger partial charge is 0.113 e. The van der Waals surface area contributed by atoms with Crippen molar-refractivity contribution in [1.82, 2.24) is 19.9 Å². The normalized spacial score (nSPS) is 11.4. The van der Waals surface area contributed by atoms with Crippen molar-refractivity contribution >= 4 is 11.3 Å². The molecule has 19 heavy (non-hydrogen) atoms. The van der Waals surface area contributed by atoms with Crippen molar-refractivity contribution in [2.45, 2.75) is 40.3 Å². The molecule has 0 fully saturated rings. The minimum absolute atomic E-state index is 0.669. The van der Waals surface area contributed by atoms with E-state index in [-0.39, 0.29) is 0 Å². The second-order valence-electron chi connectivity index (χ2n) is 5.11. The van der Waals surface area contributed by atoms with E-state index in [1.165, 1.54) is 10.6 Å². The largest absolute Gasteiger partial charge is 0.326 e. The van der Waals surface area contributed by atoms with Crippen molar-refractivity contribution in [3.8, 4) is 0 Å². The molecule has 4 nitrogen and oxygen atoms in total. The average Bonchev–Trinajstić information content (AvgIpc) is 2.99. The van der Waals surface area contributed by atoms with Gasteiger partial charge in [-0.25, -0.2) is 9.97 Å². The summed E-state index contributed by atoms with van der Waals surface area (Å²) in [6, 6.07) is 0. The molecule has 2 aromatic heterocycles. The van der Waals surface area contributed by atoms with Crippen LogP contribution in [0.2, 0.25) is 0 Å². The van der Waals surface area contributed by atoms with E-state index in [0.717, 1.165) is 31.1 Å². The summed E-state index contributed by atoms with van der Waals surface area (Å²) in [4.78, 5) is 10.0. The Labute approximate surface area is 118 Å². The zero-order chi connectivity index (χ0) is 13.7. The number of nitrogens with zero attached hydrogens (tertiary/aromatic N) is 3. The van der Waals surface area contributed by atoms with Crippen LogP contribution in [0.25, 0.3) is 0 Å². The lowest BCUT2D eigenvalue weighted by Crippen LogP contribution is -2.20. The highest BCUT2D eigenvalue weighted by Crippen LogP contribution is 2.15. The molecular weight excluding hydrogens is 256 g/mol. The van der Waals surface area contributed by atoms with E-state index in [2.05, 4.69) is 40.6 Å². The predicted molar refractivity (Wildman–Crippen MR) is 79.4 cm³/mol. The molecular formula is C14H22N4S. The van der Waals surface area contributed by atoms with Gasteiger partial charge in [0, 0.05) is 23.8 Å². The van der Waals surface area contributed by atoms with Crippen LogP contribution in [0.15, 0.2) is 18.7 Å². The molecule has 2 aromatic rings. The summed E-state index contributed by atoms with van der Waals surface area (Å²) < 4.78 is 2.17. The maximum absolute atomic E-state index is 4.46. The number of imidazole rings is 1. The highest BCUT2D eigenvalue weighted by molar-refractivity contribution is 7.11. The van der Waals surface area contributed by atoms with Gasteiger partial charge in [-0.05, 0) is 18.9 Å². The SMILES string of the molecule is CCc1cnc(Cn2cncc2CNCC(C)C)s1. The Kier molecular flexibility index (Phi) is 5.10. The van der Waals surface area contributed by atoms with Gasteiger partial charge in [0.15, 0.2) is 0 Å². The van der Waals surface area contributed by atoms with Crippen LogP contribution in [-0.4, -0.2) is 21.1 Å². The first kappa shape index (κ1) is 14.2. The molecule has 0 unspecified atom stereocenters. The molecule has 0 bridgehead atoms. The third-order valence-corrected chi connectivity index (χ3v) is 4.04. The quantitative estimate of drug-likeness (QED) is 0.847. The first-order chi connectivity index (χ1) is 9.19. The summed E-state index contributed by atoms with van der Waals surface area (Å²) in [7, 11) is 0. The Morgan fingerprint density at radius 2 is 2.21 bits per heavy atom. The van der Waals surface area contributed by atoms with Crippen molar-refractivity contribution in [3.05, 3.63) is 34.3 Å². The first-order valence-electron chi connectivity index (χ1n) is 6.82. The van der Waals surface area contributed by atoms with E-state index in [1.54, 1.807) is 11.3 Å². The van der Waals surface area contributed by atoms with Crippen LogP contribution in [0.1, 0.15) is 36.3 Å². The fourth-order valence-corrected chi connectivity index (χ4v) is 2.72. The molecule has 0 spiro atoms. The molecule has 2 rings (SSSR count). The highest BCUT2D eigenvalue weighted by atomic mass is 32.1. The minimum atomic E-state index is 0.669. The van der Waals surface area contributed by atoms with Crippen molar-refractivity contribution in [3.63, 3.8) is 0 Å². The van der Waals surface area contributed by atoms with Crippen LogP contribution >= 0.6 is 11.3 Å². The first-order valence-corrected chi connectivity index (χ1v) is 7.64. The van der Waals surface area contributed by atoms with Gasteiger partial charge in [-0.2, -0.15) is 0 Å². The van der Waals surface area contributed by atoms with Crippen molar-refractivity contribution in [2.75, 3.05) is 6.54 Å². The van der Waals surface area contributed by atoms with Gasteiger partial charge in [-0.1, -0.05) is 20.8 Å². The monoisotopic (exact) mass is 278 g/mol. The van der Waals surface area contributed by atoms with Gasteiger partial charge in [0.25, 0.3) is 0 Å². The predicted octanol–water partition coefficient (Wildman–Crippen LogP) is 2.70. The second kappa shape index (κ2) is 6.82. The number of rotatable bonds is 7. The number of thiazole rings is 1. The molecule has 104 valence electrons. The molecule has 0 aromatic carbocycles. The molecule has 0 saturated carbocycles. The fourth-order valence-electron chi connectivity index (χ4n) is 1.86. The molecule has 0 radical (unpaired) electrons. The lowest BCUT2D eigenvalue weighted by molar-refractivity contribution is 0.539. The number of nitrogens with one attached hydrogen (secondary N) is 1. The molecule has 0 aliphatic heterocycles. The van der Waals surface area contributed by atoms with Crippen LogP contribution < -0.4 is 5.32 Å². The molecule has 0 aliphatic rings. The van der Waals surface area contributed by atoms with Crippen LogP contribution in [0.4, 0.5) is 0 Å². The lowest BCUT2D eigenvalue weighted by atomic mass is 10.2. The van der Waals surface area contributed by atoms with Crippen LogP contribution in [0, 0.1) is 5.92 Å². The molecule has 1 N–H and O–H groups in total. The van der Waals surface area contributed by atoms with Crippen LogP contribution in [-0.2, 0) is 19.5 Å². The van der Waals surface area contributed by atoms with E-state index in [4.69, 9.17) is 0 Å². The Hall–Kier alpha value is -1.20. The summed E-state index contributed by atoms with van der Waals surface area (Å²) in [5, 5.41) is 4.60. The summed E-state index contributed by atoms with van der Waals surface area (Å²) >= 11 is 1.79. The third kappa shape index (κ3) is 4.14. The topological polar surface area (TPSA) is 42.7 Å². The zero-order valence-electron chi connectivity index (χ0n) is 11.9. The maximum atomic E-state index is 4.46. The van der Waals surface area contributed by atoms with Gasteiger partial charge in [0.1, 0.15) is 5.01 Å². The van der Waals surface area contributed by atoms with Crippen LogP contribution in [0.3, 0.4) is 0 Å². The highest BCUT2D eigenvalue weighted by Gasteiger charge is 2.06. The lowest BCUT2D eigenvalue weighted by Gasteiger charge is -2.09. The molecule has 2 heterocycles. The molecule has 5 heteroatoms. The summed E-state index contributed by atoms with van der Waals surface area (Å²) in [5.74, 6) is 0.669. The number of aryl methyl sites for hydroxylation is 1. The Bertz CT molecular complexity index is 501. The van der Waals surface area contributed by atoms with E-state index in [9.17, 15) is 0 Å². The van der Waals surface area contributed by atoms with Gasteiger partial charge in [-0.15, -0.1) is 11.3 Å². The maximum Gasteiger partial charge on any atom is 0.113 e. The van der Waals surface area contributed by atoms with Crippen molar-refractivity contribution in [2.24, 2.45) is 5.92 Å². The Morgan fingerprint density at radius 3 is 2.89 bits per heavy atom. The van der Waals surface area contributed by atoms with Gasteiger partial charge in [-0.3, -0.25) is 0 Å². The van der Waals surface area contributed by atoms with Gasteiger partial charge in [0.05, 0.1) is 18.6 Å². The van der Waals surface area contributed by atoms with E-state index in [0.29, 0.717) is 5.92 Å². The van der Waals surface area contributed by atoms with Gasteiger partial charge in [0.2, 0.25) is 0 Å². The van der Waals surface area contributed by atoms with Crippen molar-refractivity contribution < 1.29 is 0 Å². The molecule has 0 saturated heterocycles. The summed E-state index contributed by atoms with van der Waals surface area (Å²) in [5.41, 5.74) is 1.22. The zero-order valence-corrected chi connectivity index (χ0v) is 12.7. The Balaban J connectivity index is 1.95. The van der Waals surface area contributed by atoms with Crippen molar-refractivity contribution in [1.29, 1.82) is 0 Å². The molecule has 0 amide bonds. The Morgan fingerprint density at radius 1 is 1.37 bits per heavy atom.